The van der Waals surface area contributed by atoms with E-state index in [0.717, 1.165) is 0 Å². The average molecular weight is 489 g/mol. The summed E-state index contributed by atoms with van der Waals surface area (Å²) in [5.74, 6) is 0. The first-order valence-corrected chi connectivity index (χ1v) is 9.64. The van der Waals surface area contributed by atoms with Gasteiger partial charge in [0.2, 0.25) is 0 Å². The Morgan fingerprint density at radius 3 is 1.00 bits per heavy atom. The Kier molecular flexibility index (Phi) is 32.2. The van der Waals surface area contributed by atoms with Crippen molar-refractivity contribution >= 4 is 0 Å². The molecule has 0 amide bonds. The monoisotopic (exact) mass is 488 g/mol. The molecule has 0 aromatic heterocycles. The van der Waals surface area contributed by atoms with Gasteiger partial charge in [-0.25, -0.2) is 0 Å². The van der Waals surface area contributed by atoms with E-state index in [1.165, 1.54) is 94.8 Å². The molecule has 0 aromatic carbocycles. The van der Waals surface area contributed by atoms with Crippen molar-refractivity contribution in [3.63, 3.8) is 0 Å². The standard InChI is InChI=1S/C16H33.2ClH.Ir/c1-3-5-7-9-11-13-15-16-14-12-10-8-6-4-2;;;/h1,3-16H2,2H3;2*1H;/q;;;+2/p-2. The molecule has 0 spiro atoms. The van der Waals surface area contributed by atoms with E-state index in [0.29, 0.717) is 0 Å². The normalized spacial score (nSPS) is 9.79. The molecule has 0 aromatic rings. The van der Waals surface area contributed by atoms with Crippen molar-refractivity contribution in [1.82, 2.24) is 0 Å². The van der Waals surface area contributed by atoms with Gasteiger partial charge in [-0.2, -0.15) is 0 Å². The molecule has 0 heterocycles. The summed E-state index contributed by atoms with van der Waals surface area (Å²) in [4.78, 5) is 1.37. The Hall–Kier alpha value is 1.23. The van der Waals surface area contributed by atoms with Gasteiger partial charge in [0.1, 0.15) is 0 Å². The van der Waals surface area contributed by atoms with E-state index in [1.54, 1.807) is 0 Å². The minimum absolute atomic E-state index is 0. The zero-order valence-electron chi connectivity index (χ0n) is 12.7. The van der Waals surface area contributed by atoms with E-state index in [4.69, 9.17) is 0 Å². The third kappa shape index (κ3) is 24.6. The molecule has 0 aliphatic rings. The summed E-state index contributed by atoms with van der Waals surface area (Å²) in [6.07, 6.45) is 20.5. The van der Waals surface area contributed by atoms with Gasteiger partial charge >= 0.3 is 94.5 Å². The Morgan fingerprint density at radius 1 is 0.474 bits per heavy atom. The van der Waals surface area contributed by atoms with Gasteiger partial charge in [0.25, 0.3) is 0 Å². The predicted octanol–water partition coefficient (Wildman–Crippen LogP) is 0.441. The van der Waals surface area contributed by atoms with Crippen LogP contribution < -0.4 is 24.8 Å². The summed E-state index contributed by atoms with van der Waals surface area (Å²) >= 11 is 2.29. The molecular weight excluding hydrogens is 455 g/mol. The summed E-state index contributed by atoms with van der Waals surface area (Å²) in [6.45, 7) is 2.29. The van der Waals surface area contributed by atoms with Gasteiger partial charge in [-0.15, -0.1) is 0 Å². The number of halogens is 2. The first-order valence-electron chi connectivity index (χ1n) is 7.94. The van der Waals surface area contributed by atoms with Crippen molar-refractivity contribution < 1.29 is 43.7 Å². The first kappa shape index (κ1) is 25.2. The second-order valence-corrected chi connectivity index (χ2v) is 6.46. The van der Waals surface area contributed by atoms with Crippen LogP contribution in [0.15, 0.2) is 0 Å². The summed E-state index contributed by atoms with van der Waals surface area (Å²) < 4.78 is 0. The molecule has 0 aliphatic carbocycles. The van der Waals surface area contributed by atoms with Crippen LogP contribution in [-0.4, -0.2) is 0 Å². The van der Waals surface area contributed by atoms with Gasteiger partial charge in [-0.1, -0.05) is 26.2 Å². The average Bonchev–Trinajstić information content (AvgIpc) is 2.35. The van der Waals surface area contributed by atoms with Gasteiger partial charge in [0.05, 0.1) is 0 Å². The quantitative estimate of drug-likeness (QED) is 0.312. The Morgan fingerprint density at radius 2 is 0.737 bits per heavy atom. The van der Waals surface area contributed by atoms with Crippen molar-refractivity contribution in [2.75, 3.05) is 0 Å². The largest absolute Gasteiger partial charge is 1.00 e. The van der Waals surface area contributed by atoms with Crippen LogP contribution in [0.25, 0.3) is 0 Å². The van der Waals surface area contributed by atoms with Crippen molar-refractivity contribution in [2.45, 2.75) is 102 Å². The summed E-state index contributed by atoms with van der Waals surface area (Å²) in [7, 11) is 0. The molecule has 0 atom stereocenters. The van der Waals surface area contributed by atoms with Gasteiger partial charge < -0.3 is 24.8 Å². The third-order valence-corrected chi connectivity index (χ3v) is 4.32. The van der Waals surface area contributed by atoms with Crippen LogP contribution in [0.1, 0.15) is 96.8 Å². The molecule has 19 heavy (non-hydrogen) atoms. The molecule has 0 radical (unpaired) electrons. The number of unbranched alkanes of at least 4 members (excludes halogenated alkanes) is 13. The molecule has 0 saturated heterocycles. The molecule has 120 valence electrons. The van der Waals surface area contributed by atoms with E-state index in [-0.39, 0.29) is 24.8 Å². The number of rotatable bonds is 14. The molecule has 0 bridgehead atoms. The van der Waals surface area contributed by atoms with E-state index in [1.807, 2.05) is 0 Å². The second-order valence-electron chi connectivity index (χ2n) is 5.26. The fraction of sp³-hybridized carbons (Fsp3) is 1.00. The molecule has 3 heteroatoms. The fourth-order valence-electron chi connectivity index (χ4n) is 2.28. The molecule has 0 aliphatic heterocycles. The van der Waals surface area contributed by atoms with Crippen LogP contribution in [0, 0.1) is 0 Å². The zero-order valence-corrected chi connectivity index (χ0v) is 16.6. The maximum absolute atomic E-state index is 2.29. The third-order valence-electron chi connectivity index (χ3n) is 3.47. The Balaban J connectivity index is -0.00000128. The second kappa shape index (κ2) is 24.3. The van der Waals surface area contributed by atoms with E-state index >= 15 is 0 Å². The van der Waals surface area contributed by atoms with E-state index < -0.39 is 0 Å². The molecule has 0 unspecified atom stereocenters. The molecule has 0 nitrogen and oxygen atoms in total. The Bertz CT molecular complexity index is 118. The van der Waals surface area contributed by atoms with Crippen LogP contribution in [0.2, 0.25) is 4.93 Å². The van der Waals surface area contributed by atoms with Crippen molar-refractivity contribution in [3.05, 3.63) is 0 Å². The molecule has 0 rings (SSSR count). The van der Waals surface area contributed by atoms with Crippen LogP contribution >= 0.6 is 0 Å². The summed E-state index contributed by atoms with van der Waals surface area (Å²) in [5, 5.41) is 0. The Labute approximate surface area is 145 Å². The van der Waals surface area contributed by atoms with E-state index in [2.05, 4.69) is 25.8 Å². The SMILES string of the molecule is CCCCCCCCCCCCCCC[CH2][Ir+2].[Cl-].[Cl-]. The summed E-state index contributed by atoms with van der Waals surface area (Å²) in [5.41, 5.74) is 0. The van der Waals surface area contributed by atoms with Gasteiger partial charge in [-0.3, -0.25) is 0 Å². The van der Waals surface area contributed by atoms with Crippen molar-refractivity contribution in [1.29, 1.82) is 0 Å². The van der Waals surface area contributed by atoms with Gasteiger partial charge in [0.15, 0.2) is 0 Å². The van der Waals surface area contributed by atoms with Crippen LogP contribution in [0.4, 0.5) is 0 Å². The minimum Gasteiger partial charge on any atom is -1.00 e. The first-order chi connectivity index (χ1) is 8.41. The fourth-order valence-corrected chi connectivity index (χ4v) is 2.88. The van der Waals surface area contributed by atoms with Crippen molar-refractivity contribution in [2.24, 2.45) is 0 Å². The van der Waals surface area contributed by atoms with Crippen LogP contribution in [0.5, 0.6) is 0 Å². The summed E-state index contributed by atoms with van der Waals surface area (Å²) in [6, 6.07) is 0. The molecule has 0 fully saturated rings. The van der Waals surface area contributed by atoms with Crippen molar-refractivity contribution in [3.8, 4) is 0 Å². The smallest absolute Gasteiger partial charge is 1.00 e. The van der Waals surface area contributed by atoms with Crippen LogP contribution in [-0.2, 0) is 18.9 Å². The molecule has 0 N–H and O–H groups in total. The predicted molar refractivity (Wildman–Crippen MR) is 75.1 cm³/mol. The number of hydrogen-bond acceptors (Lipinski definition) is 0. The maximum Gasteiger partial charge on any atom is -1.00 e. The van der Waals surface area contributed by atoms with Crippen LogP contribution in [0.3, 0.4) is 0 Å². The zero-order chi connectivity index (χ0) is 12.6. The number of hydrogen-bond donors (Lipinski definition) is 0. The van der Waals surface area contributed by atoms with Gasteiger partial charge in [-0.05, 0) is 0 Å². The maximum atomic E-state index is 2.29. The topological polar surface area (TPSA) is 0 Å². The van der Waals surface area contributed by atoms with E-state index in [9.17, 15) is 0 Å². The van der Waals surface area contributed by atoms with Gasteiger partial charge in [0, 0.05) is 0 Å². The molecular formula is C16H33Cl2Ir. The molecule has 0 saturated carbocycles. The minimum atomic E-state index is 0.